The fraction of sp³-hybridized carbons (Fsp3) is 0.435. The van der Waals surface area contributed by atoms with E-state index < -0.39 is 0 Å². The first-order chi connectivity index (χ1) is 13.7. The number of hydrogen-bond acceptors (Lipinski definition) is 4. The summed E-state index contributed by atoms with van der Waals surface area (Å²) in [4.78, 5) is 19.0. The summed E-state index contributed by atoms with van der Waals surface area (Å²) < 4.78 is 5.73. The van der Waals surface area contributed by atoms with Crippen LogP contribution in [0.5, 0.6) is 5.75 Å². The second-order valence-corrected chi connectivity index (χ2v) is 7.59. The van der Waals surface area contributed by atoms with Gasteiger partial charge in [-0.1, -0.05) is 37.6 Å². The van der Waals surface area contributed by atoms with Crippen molar-refractivity contribution in [3.05, 3.63) is 54.1 Å². The predicted molar refractivity (Wildman–Crippen MR) is 113 cm³/mol. The number of amides is 1. The lowest BCUT2D eigenvalue weighted by Gasteiger charge is -2.36. The Morgan fingerprint density at radius 1 is 1.00 bits per heavy atom. The van der Waals surface area contributed by atoms with E-state index in [1.54, 1.807) is 0 Å². The first-order valence-electron chi connectivity index (χ1n) is 10.3. The molecule has 0 aromatic heterocycles. The average molecular weight is 380 g/mol. The van der Waals surface area contributed by atoms with E-state index in [1.807, 2.05) is 4.90 Å². The summed E-state index contributed by atoms with van der Waals surface area (Å²) >= 11 is 0. The average Bonchev–Trinajstić information content (AvgIpc) is 2.74. The second-order valence-electron chi connectivity index (χ2n) is 7.59. The van der Waals surface area contributed by atoms with Crippen LogP contribution in [0.1, 0.15) is 25.3 Å². The lowest BCUT2D eigenvalue weighted by molar-refractivity contribution is -0.121. The van der Waals surface area contributed by atoms with Gasteiger partial charge in [0.2, 0.25) is 0 Å². The van der Waals surface area contributed by atoms with Crippen molar-refractivity contribution in [1.82, 2.24) is 4.90 Å². The van der Waals surface area contributed by atoms with Gasteiger partial charge in [-0.3, -0.25) is 9.69 Å². The maximum atomic E-state index is 12.2. The Labute approximate surface area is 167 Å². The van der Waals surface area contributed by atoms with E-state index in [2.05, 4.69) is 65.3 Å². The summed E-state index contributed by atoms with van der Waals surface area (Å²) in [6, 6.07) is 16.9. The number of carbonyl (C=O) groups excluding carboxylic acids is 1. The molecular weight excluding hydrogens is 350 g/mol. The van der Waals surface area contributed by atoms with Gasteiger partial charge in [0, 0.05) is 45.0 Å². The number of unbranched alkanes of at least 4 members (excludes halogenated alkanes) is 1. The number of ether oxygens (including phenoxy) is 1. The highest BCUT2D eigenvalue weighted by Gasteiger charge is 2.25. The van der Waals surface area contributed by atoms with Gasteiger partial charge in [0.25, 0.3) is 5.91 Å². The zero-order valence-corrected chi connectivity index (χ0v) is 16.6. The highest BCUT2D eigenvalue weighted by molar-refractivity contribution is 5.97. The molecule has 0 spiro atoms. The minimum Gasteiger partial charge on any atom is -0.482 e. The quantitative estimate of drug-likeness (QED) is 0.769. The van der Waals surface area contributed by atoms with Crippen molar-refractivity contribution in [3.8, 4) is 5.75 Å². The Morgan fingerprint density at radius 3 is 2.54 bits per heavy atom. The van der Waals surface area contributed by atoms with Crippen molar-refractivity contribution >= 4 is 17.3 Å². The summed E-state index contributed by atoms with van der Waals surface area (Å²) in [5.41, 5.74) is 3.47. The number of nitrogens with zero attached hydrogens (tertiary/aromatic N) is 3. The van der Waals surface area contributed by atoms with E-state index >= 15 is 0 Å². The SMILES string of the molecule is CCCCN1C(=O)COc2cc(CN3CCN(c4ccccc4)CC3)ccc21. The lowest BCUT2D eigenvalue weighted by Crippen LogP contribution is -2.46. The van der Waals surface area contributed by atoms with Gasteiger partial charge in [-0.15, -0.1) is 0 Å². The third-order valence-electron chi connectivity index (χ3n) is 5.60. The van der Waals surface area contributed by atoms with Crippen LogP contribution in [0.25, 0.3) is 0 Å². The molecule has 28 heavy (non-hydrogen) atoms. The number of benzene rings is 2. The Morgan fingerprint density at radius 2 is 1.79 bits per heavy atom. The molecular formula is C23H29N3O2. The highest BCUT2D eigenvalue weighted by atomic mass is 16.5. The van der Waals surface area contributed by atoms with Crippen LogP contribution in [0, 0.1) is 0 Å². The van der Waals surface area contributed by atoms with Gasteiger partial charge >= 0.3 is 0 Å². The first kappa shape index (κ1) is 18.8. The van der Waals surface area contributed by atoms with Crippen LogP contribution in [-0.2, 0) is 11.3 Å². The van der Waals surface area contributed by atoms with Crippen LogP contribution in [-0.4, -0.2) is 50.1 Å². The van der Waals surface area contributed by atoms with Gasteiger partial charge in [-0.25, -0.2) is 0 Å². The summed E-state index contributed by atoms with van der Waals surface area (Å²) in [5.74, 6) is 0.904. The zero-order chi connectivity index (χ0) is 19.3. The Balaban J connectivity index is 1.38. The van der Waals surface area contributed by atoms with Crippen LogP contribution in [0.15, 0.2) is 48.5 Å². The van der Waals surface area contributed by atoms with Crippen LogP contribution in [0.2, 0.25) is 0 Å². The van der Waals surface area contributed by atoms with Crippen molar-refractivity contribution in [1.29, 1.82) is 0 Å². The molecule has 2 aromatic carbocycles. The molecule has 1 amide bonds. The van der Waals surface area contributed by atoms with E-state index in [4.69, 9.17) is 4.74 Å². The Kier molecular flexibility index (Phi) is 5.81. The fourth-order valence-electron chi connectivity index (χ4n) is 3.97. The van der Waals surface area contributed by atoms with Crippen LogP contribution in [0.4, 0.5) is 11.4 Å². The second kappa shape index (κ2) is 8.65. The smallest absolute Gasteiger partial charge is 0.265 e. The van der Waals surface area contributed by atoms with Crippen LogP contribution < -0.4 is 14.5 Å². The number of carbonyl (C=O) groups is 1. The van der Waals surface area contributed by atoms with Crippen molar-refractivity contribution < 1.29 is 9.53 Å². The molecule has 2 aliphatic rings. The maximum Gasteiger partial charge on any atom is 0.265 e. The number of rotatable bonds is 6. The highest BCUT2D eigenvalue weighted by Crippen LogP contribution is 2.33. The molecule has 0 bridgehead atoms. The molecule has 4 rings (SSSR count). The predicted octanol–water partition coefficient (Wildman–Crippen LogP) is 3.53. The van der Waals surface area contributed by atoms with Gasteiger partial charge in [-0.2, -0.15) is 0 Å². The third-order valence-corrected chi connectivity index (χ3v) is 5.60. The summed E-state index contributed by atoms with van der Waals surface area (Å²) in [6.45, 7) is 8.18. The van der Waals surface area contributed by atoms with E-state index in [0.717, 1.165) is 63.5 Å². The number of hydrogen-bond donors (Lipinski definition) is 0. The normalized spacial score (nSPS) is 17.4. The van der Waals surface area contributed by atoms with E-state index in [1.165, 1.54) is 11.3 Å². The number of para-hydroxylation sites is 1. The monoisotopic (exact) mass is 379 g/mol. The molecule has 1 fully saturated rings. The summed E-state index contributed by atoms with van der Waals surface area (Å²) in [7, 11) is 0. The third kappa shape index (κ3) is 4.14. The van der Waals surface area contributed by atoms with Gasteiger partial charge < -0.3 is 14.5 Å². The number of piperazine rings is 1. The maximum absolute atomic E-state index is 12.2. The number of anilines is 2. The zero-order valence-electron chi connectivity index (χ0n) is 16.6. The fourth-order valence-corrected chi connectivity index (χ4v) is 3.97. The molecule has 0 atom stereocenters. The van der Waals surface area contributed by atoms with Gasteiger partial charge in [-0.05, 0) is 36.2 Å². The van der Waals surface area contributed by atoms with E-state index in [0.29, 0.717) is 0 Å². The van der Waals surface area contributed by atoms with E-state index in [-0.39, 0.29) is 12.5 Å². The molecule has 0 saturated carbocycles. The van der Waals surface area contributed by atoms with Crippen molar-refractivity contribution in [2.75, 3.05) is 49.1 Å². The topological polar surface area (TPSA) is 36.0 Å². The van der Waals surface area contributed by atoms with Crippen molar-refractivity contribution in [2.45, 2.75) is 26.3 Å². The van der Waals surface area contributed by atoms with Gasteiger partial charge in [0.15, 0.2) is 6.61 Å². The Bertz CT molecular complexity index is 801. The summed E-state index contributed by atoms with van der Waals surface area (Å²) in [6.07, 6.45) is 2.09. The number of fused-ring (bicyclic) bond motifs is 1. The first-order valence-corrected chi connectivity index (χ1v) is 10.3. The molecule has 1 saturated heterocycles. The molecule has 2 aromatic rings. The molecule has 0 aliphatic carbocycles. The molecule has 0 radical (unpaired) electrons. The molecule has 2 heterocycles. The van der Waals surface area contributed by atoms with Crippen LogP contribution >= 0.6 is 0 Å². The minimum atomic E-state index is 0.0609. The minimum absolute atomic E-state index is 0.0609. The van der Waals surface area contributed by atoms with E-state index in [9.17, 15) is 4.79 Å². The van der Waals surface area contributed by atoms with Gasteiger partial charge in [0.05, 0.1) is 5.69 Å². The molecule has 2 aliphatic heterocycles. The largest absolute Gasteiger partial charge is 0.482 e. The molecule has 5 heteroatoms. The molecule has 0 unspecified atom stereocenters. The molecule has 148 valence electrons. The summed E-state index contributed by atoms with van der Waals surface area (Å²) in [5, 5.41) is 0. The lowest BCUT2D eigenvalue weighted by atomic mass is 10.1. The standard InChI is InChI=1S/C23H29N3O2/c1-2-3-11-26-21-10-9-19(16-22(21)28-18-23(26)27)17-24-12-14-25(15-13-24)20-7-5-4-6-8-20/h4-10,16H,2-3,11-15,17-18H2,1H3. The van der Waals surface area contributed by atoms with Gasteiger partial charge in [0.1, 0.15) is 5.75 Å². The molecule has 5 nitrogen and oxygen atoms in total. The van der Waals surface area contributed by atoms with Crippen LogP contribution in [0.3, 0.4) is 0 Å². The van der Waals surface area contributed by atoms with Crippen molar-refractivity contribution in [2.24, 2.45) is 0 Å². The van der Waals surface area contributed by atoms with Crippen molar-refractivity contribution in [3.63, 3.8) is 0 Å². The molecule has 0 N–H and O–H groups in total. The Hall–Kier alpha value is -2.53.